The van der Waals surface area contributed by atoms with Crippen LogP contribution in [0.5, 0.6) is 11.5 Å². The molecule has 0 atom stereocenters. The van der Waals surface area contributed by atoms with Crippen molar-refractivity contribution >= 4 is 28.8 Å². The van der Waals surface area contributed by atoms with Gasteiger partial charge in [0.15, 0.2) is 12.3 Å². The zero-order chi connectivity index (χ0) is 23.5. The topological polar surface area (TPSA) is 95.1 Å². The number of halogens is 1. The second-order valence-electron chi connectivity index (χ2n) is 7.62. The molecule has 0 saturated heterocycles. The van der Waals surface area contributed by atoms with Crippen molar-refractivity contribution in [3.63, 3.8) is 0 Å². The summed E-state index contributed by atoms with van der Waals surface area (Å²) >= 11 is 6.12. The Bertz CT molecular complexity index is 1390. The molecule has 2 heterocycles. The SMILES string of the molecule is Cc1ccc(C)c(OCC(=O)Nc2ccc(Cl)cc2OCc2cc(=O)n3oc(C)cc3n2)c1. The van der Waals surface area contributed by atoms with Crippen LogP contribution in [0, 0.1) is 20.8 Å². The Labute approximate surface area is 194 Å². The number of hydrogen-bond donors (Lipinski definition) is 1. The number of aromatic nitrogens is 2. The number of anilines is 1. The van der Waals surface area contributed by atoms with Gasteiger partial charge >= 0.3 is 0 Å². The van der Waals surface area contributed by atoms with E-state index in [9.17, 15) is 9.59 Å². The zero-order valence-electron chi connectivity index (χ0n) is 18.3. The Balaban J connectivity index is 1.45. The minimum Gasteiger partial charge on any atom is -0.485 e. The summed E-state index contributed by atoms with van der Waals surface area (Å²) in [6.45, 7) is 5.44. The highest BCUT2D eigenvalue weighted by Crippen LogP contribution is 2.29. The lowest BCUT2D eigenvalue weighted by molar-refractivity contribution is -0.118. The zero-order valence-corrected chi connectivity index (χ0v) is 19.1. The number of carbonyl (C=O) groups is 1. The highest BCUT2D eigenvalue weighted by Gasteiger charge is 2.13. The molecule has 0 bridgehead atoms. The van der Waals surface area contributed by atoms with E-state index in [1.54, 1.807) is 31.2 Å². The van der Waals surface area contributed by atoms with Gasteiger partial charge < -0.3 is 19.3 Å². The maximum atomic E-state index is 12.5. The smallest absolute Gasteiger partial charge is 0.287 e. The van der Waals surface area contributed by atoms with Crippen molar-refractivity contribution in [2.24, 2.45) is 0 Å². The molecule has 170 valence electrons. The molecule has 1 amide bonds. The molecule has 4 aromatic rings. The van der Waals surface area contributed by atoms with E-state index in [4.69, 9.17) is 25.6 Å². The van der Waals surface area contributed by atoms with Crippen LogP contribution in [0.1, 0.15) is 22.6 Å². The molecule has 0 spiro atoms. The summed E-state index contributed by atoms with van der Waals surface area (Å²) in [6, 6.07) is 13.6. The quantitative estimate of drug-likeness (QED) is 0.431. The number of hydrogen-bond acceptors (Lipinski definition) is 6. The number of ether oxygens (including phenoxy) is 2. The largest absolute Gasteiger partial charge is 0.485 e. The lowest BCUT2D eigenvalue weighted by atomic mass is 10.1. The predicted octanol–water partition coefficient (Wildman–Crippen LogP) is 4.46. The first-order chi connectivity index (χ1) is 15.8. The third kappa shape index (κ3) is 5.35. The fourth-order valence-corrected chi connectivity index (χ4v) is 3.37. The van der Waals surface area contributed by atoms with Crippen molar-refractivity contribution in [3.05, 3.63) is 86.5 Å². The average molecular weight is 468 g/mol. The van der Waals surface area contributed by atoms with Gasteiger partial charge in [-0.05, 0) is 50.1 Å². The maximum Gasteiger partial charge on any atom is 0.287 e. The van der Waals surface area contributed by atoms with Gasteiger partial charge in [0.25, 0.3) is 11.5 Å². The van der Waals surface area contributed by atoms with Crippen molar-refractivity contribution in [1.82, 2.24) is 9.56 Å². The van der Waals surface area contributed by atoms with Crippen molar-refractivity contribution in [2.45, 2.75) is 27.4 Å². The Hall–Kier alpha value is -3.78. The molecule has 4 rings (SSSR count). The summed E-state index contributed by atoms with van der Waals surface area (Å²) in [5.74, 6) is 1.21. The number of aryl methyl sites for hydroxylation is 3. The summed E-state index contributed by atoms with van der Waals surface area (Å²) in [5.41, 5.74) is 2.86. The van der Waals surface area contributed by atoms with Crippen LogP contribution in [-0.2, 0) is 11.4 Å². The third-order valence-corrected chi connectivity index (χ3v) is 5.05. The first kappa shape index (κ1) is 22.4. The van der Waals surface area contributed by atoms with Gasteiger partial charge in [0.05, 0.1) is 11.4 Å². The summed E-state index contributed by atoms with van der Waals surface area (Å²) < 4.78 is 17.9. The van der Waals surface area contributed by atoms with Gasteiger partial charge in [0.2, 0.25) is 0 Å². The Morgan fingerprint density at radius 3 is 2.70 bits per heavy atom. The molecule has 0 radical (unpaired) electrons. The van der Waals surface area contributed by atoms with Crippen LogP contribution >= 0.6 is 11.6 Å². The minimum atomic E-state index is -0.352. The van der Waals surface area contributed by atoms with E-state index < -0.39 is 0 Å². The van der Waals surface area contributed by atoms with Crippen molar-refractivity contribution in [3.8, 4) is 11.5 Å². The summed E-state index contributed by atoms with van der Waals surface area (Å²) in [7, 11) is 0. The number of fused-ring (bicyclic) bond motifs is 1. The molecule has 2 aromatic carbocycles. The van der Waals surface area contributed by atoms with Gasteiger partial charge in [0.1, 0.15) is 23.9 Å². The summed E-state index contributed by atoms with van der Waals surface area (Å²) in [4.78, 5) is 29.1. The number of nitrogens with zero attached hydrogens (tertiary/aromatic N) is 2. The summed E-state index contributed by atoms with van der Waals surface area (Å²) in [5, 5.41) is 3.21. The normalized spacial score (nSPS) is 10.9. The van der Waals surface area contributed by atoms with E-state index in [-0.39, 0.29) is 24.7 Å². The molecule has 0 unspecified atom stereocenters. The van der Waals surface area contributed by atoms with Crippen LogP contribution in [0.25, 0.3) is 5.65 Å². The van der Waals surface area contributed by atoms with Crippen LogP contribution < -0.4 is 20.3 Å². The first-order valence-corrected chi connectivity index (χ1v) is 10.6. The van der Waals surface area contributed by atoms with Gasteiger partial charge in [-0.2, -0.15) is 0 Å². The number of amides is 1. The van der Waals surface area contributed by atoms with Crippen molar-refractivity contribution in [2.75, 3.05) is 11.9 Å². The first-order valence-electron chi connectivity index (χ1n) is 10.2. The van der Waals surface area contributed by atoms with Crippen LogP contribution in [-0.4, -0.2) is 22.1 Å². The molecule has 0 aliphatic rings. The molecule has 0 aliphatic carbocycles. The van der Waals surface area contributed by atoms with Crippen molar-refractivity contribution in [1.29, 1.82) is 0 Å². The third-order valence-electron chi connectivity index (χ3n) is 4.82. The van der Waals surface area contributed by atoms with Crippen molar-refractivity contribution < 1.29 is 18.8 Å². The molecule has 2 aromatic heterocycles. The predicted molar refractivity (Wildman–Crippen MR) is 124 cm³/mol. The Morgan fingerprint density at radius 1 is 1.06 bits per heavy atom. The second-order valence-corrected chi connectivity index (χ2v) is 8.06. The molecule has 1 N–H and O–H groups in total. The van der Waals surface area contributed by atoms with Gasteiger partial charge in [0, 0.05) is 23.2 Å². The van der Waals surface area contributed by atoms with E-state index in [0.29, 0.717) is 39.3 Å². The van der Waals surface area contributed by atoms with Gasteiger partial charge in [-0.15, -0.1) is 4.57 Å². The molecule has 0 aliphatic heterocycles. The van der Waals surface area contributed by atoms with E-state index in [1.165, 1.54) is 6.07 Å². The fraction of sp³-hybridized carbons (Fsp3) is 0.208. The molecule has 0 fully saturated rings. The lowest BCUT2D eigenvalue weighted by Crippen LogP contribution is -2.21. The fourth-order valence-electron chi connectivity index (χ4n) is 3.21. The van der Waals surface area contributed by atoms with Crippen LogP contribution in [0.15, 0.2) is 57.8 Å². The van der Waals surface area contributed by atoms with Crippen LogP contribution in [0.3, 0.4) is 0 Å². The highest BCUT2D eigenvalue weighted by atomic mass is 35.5. The van der Waals surface area contributed by atoms with E-state index in [0.717, 1.165) is 15.7 Å². The lowest BCUT2D eigenvalue weighted by Gasteiger charge is -2.14. The number of benzene rings is 2. The number of rotatable bonds is 7. The highest BCUT2D eigenvalue weighted by molar-refractivity contribution is 6.30. The van der Waals surface area contributed by atoms with E-state index in [2.05, 4.69) is 10.3 Å². The standard InChI is InChI=1S/C24H22ClN3O5/c1-14-4-5-15(2)20(8-14)32-13-23(29)27-19-7-6-17(25)10-21(19)31-12-18-11-24(30)28-22(26-18)9-16(3)33-28/h4-11H,12-13H2,1-3H3,(H,27,29). The molecule has 9 heteroatoms. The maximum absolute atomic E-state index is 12.5. The molecular formula is C24H22ClN3O5. The van der Waals surface area contributed by atoms with Gasteiger partial charge in [-0.25, -0.2) is 4.98 Å². The second kappa shape index (κ2) is 9.38. The Kier molecular flexibility index (Phi) is 6.37. The molecule has 0 saturated carbocycles. The number of carbonyl (C=O) groups excluding carboxylic acids is 1. The Morgan fingerprint density at radius 2 is 1.88 bits per heavy atom. The molecule has 8 nitrogen and oxygen atoms in total. The molecular weight excluding hydrogens is 446 g/mol. The molecule has 33 heavy (non-hydrogen) atoms. The van der Waals surface area contributed by atoms with Crippen LogP contribution in [0.4, 0.5) is 5.69 Å². The van der Waals surface area contributed by atoms with Gasteiger partial charge in [-0.3, -0.25) is 9.59 Å². The average Bonchev–Trinajstić information content (AvgIpc) is 3.15. The van der Waals surface area contributed by atoms with E-state index in [1.807, 2.05) is 32.0 Å². The van der Waals surface area contributed by atoms with E-state index >= 15 is 0 Å². The summed E-state index contributed by atoms with van der Waals surface area (Å²) in [6.07, 6.45) is 0. The van der Waals surface area contributed by atoms with Crippen LogP contribution in [0.2, 0.25) is 5.02 Å². The van der Waals surface area contributed by atoms with Gasteiger partial charge in [-0.1, -0.05) is 23.7 Å². The number of nitrogens with one attached hydrogen (secondary N) is 1. The monoisotopic (exact) mass is 467 g/mol. The minimum absolute atomic E-state index is 0.00182.